The number of nitrogens with zero attached hydrogens (tertiary/aromatic N) is 1. The molecule has 0 aliphatic heterocycles. The van der Waals surface area contributed by atoms with E-state index in [2.05, 4.69) is 39.5 Å². The van der Waals surface area contributed by atoms with E-state index in [1.54, 1.807) is 0 Å². The third kappa shape index (κ3) is 5.15. The lowest BCUT2D eigenvalue weighted by molar-refractivity contribution is 0.162. The fourth-order valence-electron chi connectivity index (χ4n) is 1.96. The molecule has 7 heteroatoms. The summed E-state index contributed by atoms with van der Waals surface area (Å²) < 4.78 is 0. The molecule has 0 fully saturated rings. The van der Waals surface area contributed by atoms with Gasteiger partial charge in [0.05, 0.1) is 0 Å². The van der Waals surface area contributed by atoms with Crippen LogP contribution < -0.4 is 0 Å². The van der Waals surface area contributed by atoms with Gasteiger partial charge in [0.15, 0.2) is 0 Å². The zero-order valence-corrected chi connectivity index (χ0v) is 14.9. The summed E-state index contributed by atoms with van der Waals surface area (Å²) in [5, 5.41) is 0. The van der Waals surface area contributed by atoms with Crippen LogP contribution in [0.2, 0.25) is 0 Å². The van der Waals surface area contributed by atoms with E-state index in [9.17, 15) is 0 Å². The Bertz CT molecular complexity index is 188. The average Bonchev–Trinajstić information content (AvgIpc) is 1.99. The van der Waals surface area contributed by atoms with E-state index < -0.39 is 13.1 Å². The minimum absolute atomic E-state index is 0.214. The fourth-order valence-corrected chi connectivity index (χ4v) is 11.0. The predicted molar refractivity (Wildman–Crippen MR) is 77.9 cm³/mol. The topological polar surface area (TPSA) is 3.24 Å². The third-order valence-corrected chi connectivity index (χ3v) is 20.9. The number of rotatable bonds is 5. The van der Waals surface area contributed by atoms with Crippen LogP contribution in [0.25, 0.3) is 0 Å². The molecule has 92 valence electrons. The van der Waals surface area contributed by atoms with Crippen molar-refractivity contribution in [2.24, 2.45) is 0 Å². The van der Waals surface area contributed by atoms with Crippen LogP contribution in [0.4, 0.5) is 0 Å². The van der Waals surface area contributed by atoms with Gasteiger partial charge in [-0.1, -0.05) is 6.92 Å². The van der Waals surface area contributed by atoms with Gasteiger partial charge in [-0.25, -0.2) is 0 Å². The number of hydrogen-bond donors (Lipinski definition) is 0. The van der Waals surface area contributed by atoms with Crippen LogP contribution >= 0.6 is 44.3 Å². The van der Waals surface area contributed by atoms with Crippen molar-refractivity contribution in [3.8, 4) is 0 Å². The van der Waals surface area contributed by atoms with Gasteiger partial charge in [-0.3, -0.25) is 4.90 Å². The van der Waals surface area contributed by atoms with Gasteiger partial charge in [0.1, 0.15) is 0 Å². The summed E-state index contributed by atoms with van der Waals surface area (Å²) >= 11 is 24.4. The first-order valence-corrected chi connectivity index (χ1v) is 14.3. The van der Waals surface area contributed by atoms with Gasteiger partial charge in [0.2, 0.25) is 7.62 Å². The molecule has 0 amide bonds. The van der Waals surface area contributed by atoms with Crippen LogP contribution in [0.1, 0.15) is 34.6 Å². The Morgan fingerprint density at radius 1 is 0.933 bits per heavy atom. The lowest BCUT2D eigenvalue weighted by atomic mass is 10.2. The molecular weight excluding hydrogens is 308 g/mol. The molecule has 2 unspecified atom stereocenters. The third-order valence-electron chi connectivity index (χ3n) is 2.40. The van der Waals surface area contributed by atoms with E-state index in [1.165, 1.54) is 0 Å². The molecule has 0 spiro atoms. The lowest BCUT2D eigenvalue weighted by Gasteiger charge is -2.39. The number of hydrogen-bond acceptors (Lipinski definition) is 1. The van der Waals surface area contributed by atoms with Crippen molar-refractivity contribution in [3.05, 3.63) is 0 Å². The van der Waals surface area contributed by atoms with Crippen molar-refractivity contribution in [3.63, 3.8) is 0 Å². The van der Waals surface area contributed by atoms with Gasteiger partial charge in [0.25, 0.3) is 0 Å². The summed E-state index contributed by atoms with van der Waals surface area (Å²) in [5.41, 5.74) is -2.49. The maximum absolute atomic E-state index is 6.35. The molecule has 15 heavy (non-hydrogen) atoms. The highest BCUT2D eigenvalue weighted by Gasteiger charge is 2.43. The maximum atomic E-state index is 6.35. The van der Waals surface area contributed by atoms with Crippen LogP contribution in [-0.4, -0.2) is 35.8 Å². The summed E-state index contributed by atoms with van der Waals surface area (Å²) in [6.07, 6.45) is 0. The zero-order chi connectivity index (χ0) is 12.4. The van der Waals surface area contributed by atoms with Crippen LogP contribution in [0.5, 0.6) is 0 Å². The quantitative estimate of drug-likeness (QED) is 0.549. The molecule has 2 atom stereocenters. The summed E-state index contributed by atoms with van der Waals surface area (Å²) in [7, 11) is -1.82. The average molecular weight is 327 g/mol. The molecule has 0 N–H and O–H groups in total. The van der Waals surface area contributed by atoms with E-state index in [0.29, 0.717) is 12.1 Å². The Labute approximate surface area is 114 Å². The zero-order valence-electron chi connectivity index (χ0n) is 9.77. The van der Waals surface area contributed by atoms with Crippen molar-refractivity contribution in [2.45, 2.75) is 52.4 Å². The first-order chi connectivity index (χ1) is 6.59. The standard InChI is InChI=1S/C8H19Cl4NSi2/c1-6(2)13(7(3)4)8(5)14(9)15(10,11)12/h6-8,14H,1-5H3. The van der Waals surface area contributed by atoms with Crippen molar-refractivity contribution >= 4 is 57.5 Å². The molecule has 0 radical (unpaired) electrons. The summed E-state index contributed by atoms with van der Waals surface area (Å²) in [5.74, 6) is 0. The van der Waals surface area contributed by atoms with E-state index in [-0.39, 0.29) is 5.67 Å². The smallest absolute Gasteiger partial charge is 0.298 e. The molecule has 0 saturated carbocycles. The highest BCUT2D eigenvalue weighted by molar-refractivity contribution is 7.91. The Hall–Kier alpha value is 1.55. The Morgan fingerprint density at radius 2 is 1.27 bits per heavy atom. The first-order valence-electron chi connectivity index (χ1n) is 5.07. The summed E-state index contributed by atoms with van der Waals surface area (Å²) in [6, 6.07) is 0.852. The largest absolute Gasteiger partial charge is 0.339 e. The molecule has 0 aromatic heterocycles. The second-order valence-electron chi connectivity index (χ2n) is 4.32. The van der Waals surface area contributed by atoms with E-state index in [1.807, 2.05) is 0 Å². The molecule has 0 heterocycles. The van der Waals surface area contributed by atoms with Crippen LogP contribution in [0, 0.1) is 0 Å². The molecule has 1 nitrogen and oxygen atoms in total. The van der Waals surface area contributed by atoms with Crippen molar-refractivity contribution in [2.75, 3.05) is 0 Å². The Morgan fingerprint density at radius 3 is 1.47 bits per heavy atom. The SMILES string of the molecule is CC(C)N(C(C)C)C(C)[SiH](Cl)[Si](Cl)(Cl)Cl. The maximum Gasteiger partial charge on any atom is 0.339 e. The van der Waals surface area contributed by atoms with Gasteiger partial charge in [-0.05, 0) is 27.7 Å². The second-order valence-corrected chi connectivity index (χ2v) is 24.5. The summed E-state index contributed by atoms with van der Waals surface area (Å²) in [6.45, 7) is 10.7. The molecule has 0 saturated heterocycles. The van der Waals surface area contributed by atoms with Crippen LogP contribution in [0.15, 0.2) is 0 Å². The first kappa shape index (κ1) is 16.6. The second kappa shape index (κ2) is 6.48. The highest BCUT2D eigenvalue weighted by Crippen LogP contribution is 2.30. The number of halogens is 4. The van der Waals surface area contributed by atoms with Crippen LogP contribution in [0.3, 0.4) is 0 Å². The van der Waals surface area contributed by atoms with E-state index in [0.717, 1.165) is 0 Å². The van der Waals surface area contributed by atoms with Crippen molar-refractivity contribution in [1.82, 2.24) is 4.90 Å². The van der Waals surface area contributed by atoms with E-state index >= 15 is 0 Å². The summed E-state index contributed by atoms with van der Waals surface area (Å²) in [4.78, 5) is 2.33. The fraction of sp³-hybridized carbons (Fsp3) is 1.00. The molecule has 0 aliphatic rings. The van der Waals surface area contributed by atoms with Gasteiger partial charge < -0.3 is 0 Å². The Kier molecular flexibility index (Phi) is 7.15. The predicted octanol–water partition coefficient (Wildman–Crippen LogP) is 3.73. The lowest BCUT2D eigenvalue weighted by Crippen LogP contribution is -2.55. The Balaban J connectivity index is 4.72. The molecule has 0 aromatic rings. The molecule has 0 aliphatic carbocycles. The van der Waals surface area contributed by atoms with Gasteiger partial charge >= 0.3 is 5.52 Å². The minimum Gasteiger partial charge on any atom is -0.298 e. The molecule has 0 rings (SSSR count). The van der Waals surface area contributed by atoms with Crippen molar-refractivity contribution in [1.29, 1.82) is 0 Å². The molecule has 0 aromatic carbocycles. The van der Waals surface area contributed by atoms with Gasteiger partial charge in [-0.2, -0.15) is 11.1 Å². The van der Waals surface area contributed by atoms with Gasteiger partial charge in [-0.15, -0.1) is 33.2 Å². The highest BCUT2D eigenvalue weighted by atomic mass is 35.9. The monoisotopic (exact) mass is 325 g/mol. The van der Waals surface area contributed by atoms with Gasteiger partial charge in [0, 0.05) is 17.7 Å². The minimum atomic E-state index is -2.70. The van der Waals surface area contributed by atoms with Crippen LogP contribution in [-0.2, 0) is 0 Å². The molecule has 0 bridgehead atoms. The normalized spacial score (nSPS) is 17.6. The molecular formula is C8H19Cl4NSi2. The van der Waals surface area contributed by atoms with E-state index in [4.69, 9.17) is 44.3 Å². The van der Waals surface area contributed by atoms with Crippen molar-refractivity contribution < 1.29 is 0 Å².